The van der Waals surface area contributed by atoms with Crippen LogP contribution in [0.15, 0.2) is 173 Å². The molecular formula is C43H26N8Na4O14S4. The zero-order chi connectivity index (χ0) is 49.6. The first-order valence-corrected chi connectivity index (χ1v) is 24.9. The Kier molecular flexibility index (Phi) is 20.6. The quantitative estimate of drug-likeness (QED) is 0.0339. The first-order chi connectivity index (χ1) is 32.5. The number of benzene rings is 7. The minimum atomic E-state index is -5.38. The van der Waals surface area contributed by atoms with Gasteiger partial charge < -0.3 is 29.3 Å². The number of nitrogens with one attached hydrogen (secondary N) is 2. The number of hydrazone groups is 1. The molecule has 0 saturated heterocycles. The van der Waals surface area contributed by atoms with E-state index in [1.165, 1.54) is 60.7 Å². The Balaban J connectivity index is 0.00000289. The Morgan fingerprint density at radius 1 is 0.534 bits per heavy atom. The molecular weight excluding hydrogens is 1070 g/mol. The molecule has 4 N–H and O–H groups in total. The van der Waals surface area contributed by atoms with Crippen LogP contribution < -0.4 is 135 Å². The maximum Gasteiger partial charge on any atom is 1.00 e. The van der Waals surface area contributed by atoms with Crippen molar-refractivity contribution in [3.8, 4) is 0 Å². The fourth-order valence-corrected chi connectivity index (χ4v) is 9.18. The molecule has 8 rings (SSSR count). The number of fused-ring (bicyclic) bond motifs is 3. The van der Waals surface area contributed by atoms with Gasteiger partial charge in [-0.1, -0.05) is 30.3 Å². The van der Waals surface area contributed by atoms with Crippen LogP contribution in [0.5, 0.6) is 0 Å². The SMILES string of the molecule is Nc1ccc(N=Nc2ccc(N=Nc3ccc(NN=C4C(=O)c5ccc(NC(=O)c6ccccc6)cc5C=C4S(=O)(=O)[O-])c4ccc(S(=O)(=O)[O-])cc34)c3ccc(S(=O)(=O)[O-])cc23)cc1S(=O)(=O)[O-].[Na+].[Na+].[Na+].[Na+]. The number of ketones is 1. The van der Waals surface area contributed by atoms with Crippen LogP contribution in [0.3, 0.4) is 0 Å². The number of hydrogen-bond donors (Lipinski definition) is 3. The van der Waals surface area contributed by atoms with Gasteiger partial charge in [0.15, 0.2) is 0 Å². The number of carbonyl (C=O) groups is 2. The molecule has 350 valence electrons. The van der Waals surface area contributed by atoms with Crippen molar-refractivity contribution < 1.29 is 180 Å². The van der Waals surface area contributed by atoms with Gasteiger partial charge in [0.2, 0.25) is 5.78 Å². The number of nitrogens with zero attached hydrogens (tertiary/aromatic N) is 5. The number of anilines is 3. The van der Waals surface area contributed by atoms with E-state index in [0.717, 1.165) is 42.5 Å². The number of amides is 1. The van der Waals surface area contributed by atoms with E-state index in [2.05, 4.69) is 36.3 Å². The minimum Gasteiger partial charge on any atom is -0.744 e. The average Bonchev–Trinajstić information content (AvgIpc) is 3.29. The number of carbonyl (C=O) groups excluding carboxylic acids is 2. The normalized spacial score (nSPS) is 13.3. The molecule has 0 unspecified atom stereocenters. The van der Waals surface area contributed by atoms with Crippen molar-refractivity contribution >= 4 is 125 Å². The standard InChI is InChI=1S/C43H30N8O14S4.4Na/c44-34-13-7-26(20-39(34)68(60,61)62)46-47-37-16-14-35(30-11-8-27(21-32(30)37)66(54,55)56)48-49-38-17-15-36(31-12-9-28(22-33(31)38)67(57,58)59)50-51-41-40(69(63,64)65)19-24-18-25(6-10-29(24)42(41)52)45-43(53)23-4-2-1-3-5-23;;;;/h1-22,50H,44H2,(H,45,53)(H,54,55,56)(H,57,58,59)(H,60,61,62)(H,63,64,65);;;;/q;4*+1/p-4. The third-order valence-electron chi connectivity index (χ3n) is 10.2. The predicted molar refractivity (Wildman–Crippen MR) is 245 cm³/mol. The van der Waals surface area contributed by atoms with Crippen molar-refractivity contribution in [3.63, 3.8) is 0 Å². The van der Waals surface area contributed by atoms with E-state index in [0.29, 0.717) is 5.56 Å². The summed E-state index contributed by atoms with van der Waals surface area (Å²) in [4.78, 5) is 23.3. The molecule has 0 heterocycles. The zero-order valence-electron chi connectivity index (χ0n) is 38.4. The Hall–Kier alpha value is -3.95. The molecule has 0 fully saturated rings. The molecule has 1 aliphatic carbocycles. The van der Waals surface area contributed by atoms with Gasteiger partial charge in [0.25, 0.3) is 5.91 Å². The van der Waals surface area contributed by atoms with Gasteiger partial charge in [0, 0.05) is 44.0 Å². The van der Waals surface area contributed by atoms with Crippen LogP contribution in [0, 0.1) is 0 Å². The Labute approximate surface area is 504 Å². The summed E-state index contributed by atoms with van der Waals surface area (Å²) in [7, 11) is -20.5. The van der Waals surface area contributed by atoms with E-state index in [1.54, 1.807) is 30.3 Å². The number of rotatable bonds is 12. The van der Waals surface area contributed by atoms with Gasteiger partial charge in [-0.2, -0.15) is 10.2 Å². The number of nitrogen functional groups attached to an aromatic ring is 1. The summed E-state index contributed by atoms with van der Waals surface area (Å²) < 4.78 is 145. The fourth-order valence-electron chi connectivity index (χ4n) is 6.92. The van der Waals surface area contributed by atoms with Gasteiger partial charge >= 0.3 is 118 Å². The van der Waals surface area contributed by atoms with Crippen molar-refractivity contribution in [2.45, 2.75) is 14.7 Å². The number of Topliss-reactive ketones (excluding diaryl/α,β-unsaturated/α-hetero) is 1. The van der Waals surface area contributed by atoms with Crippen molar-refractivity contribution in [2.75, 3.05) is 16.5 Å². The van der Waals surface area contributed by atoms with Gasteiger partial charge in [-0.15, -0.1) is 15.3 Å². The summed E-state index contributed by atoms with van der Waals surface area (Å²) in [6, 6.07) is 26.9. The van der Waals surface area contributed by atoms with Crippen LogP contribution in [-0.2, 0) is 40.5 Å². The van der Waals surface area contributed by atoms with E-state index in [-0.39, 0.29) is 191 Å². The maximum atomic E-state index is 13.8. The van der Waals surface area contributed by atoms with Crippen LogP contribution in [0.4, 0.5) is 39.8 Å². The number of allylic oxidation sites excluding steroid dienone is 1. The fraction of sp³-hybridized carbons (Fsp3) is 0. The number of nitrogens with two attached hydrogens (primary N) is 1. The third kappa shape index (κ3) is 14.1. The van der Waals surface area contributed by atoms with E-state index < -0.39 is 77.5 Å². The van der Waals surface area contributed by atoms with Crippen molar-refractivity contribution in [2.24, 2.45) is 25.6 Å². The summed E-state index contributed by atoms with van der Waals surface area (Å²) >= 11 is 0. The summed E-state index contributed by atoms with van der Waals surface area (Å²) in [5.41, 5.74) is 7.12. The minimum absolute atomic E-state index is 0. The molecule has 30 heteroatoms. The van der Waals surface area contributed by atoms with E-state index in [1.807, 2.05) is 0 Å². The summed E-state index contributed by atoms with van der Waals surface area (Å²) in [6.45, 7) is 0. The summed E-state index contributed by atoms with van der Waals surface area (Å²) in [5.74, 6) is -1.49. The molecule has 0 aromatic heterocycles. The van der Waals surface area contributed by atoms with Crippen molar-refractivity contribution in [3.05, 3.63) is 149 Å². The second kappa shape index (κ2) is 24.4. The number of hydrogen-bond acceptors (Lipinski definition) is 21. The van der Waals surface area contributed by atoms with Crippen LogP contribution in [0.25, 0.3) is 27.6 Å². The molecule has 1 amide bonds. The second-order valence-corrected chi connectivity index (χ2v) is 20.1. The van der Waals surface area contributed by atoms with Gasteiger partial charge in [-0.3, -0.25) is 15.0 Å². The van der Waals surface area contributed by atoms with Gasteiger partial charge in [0.1, 0.15) is 46.2 Å². The van der Waals surface area contributed by atoms with Gasteiger partial charge in [-0.25, -0.2) is 33.7 Å². The van der Waals surface area contributed by atoms with Crippen LogP contribution in [0.2, 0.25) is 0 Å². The topological polar surface area (TPSA) is 375 Å². The molecule has 0 bridgehead atoms. The van der Waals surface area contributed by atoms with Crippen molar-refractivity contribution in [1.82, 2.24) is 0 Å². The largest absolute Gasteiger partial charge is 1.00 e. The maximum absolute atomic E-state index is 13.8. The molecule has 0 saturated carbocycles. The molecule has 7 aromatic rings. The van der Waals surface area contributed by atoms with Crippen LogP contribution in [-0.4, -0.2) is 69.3 Å². The van der Waals surface area contributed by atoms with Crippen LogP contribution in [0.1, 0.15) is 26.3 Å². The van der Waals surface area contributed by atoms with Crippen molar-refractivity contribution in [1.29, 1.82) is 0 Å². The molecule has 0 spiro atoms. The predicted octanol–water partition coefficient (Wildman–Crippen LogP) is -5.06. The first-order valence-electron chi connectivity index (χ1n) is 19.3. The Morgan fingerprint density at radius 3 is 1.66 bits per heavy atom. The number of azo groups is 2. The monoisotopic (exact) mass is 1100 g/mol. The molecule has 0 atom stereocenters. The summed E-state index contributed by atoms with van der Waals surface area (Å²) in [6.07, 6.45) is 0.921. The second-order valence-electron chi connectivity index (χ2n) is 14.6. The summed E-state index contributed by atoms with van der Waals surface area (Å²) in [5, 5.41) is 23.3. The first kappa shape index (κ1) is 61.6. The molecule has 73 heavy (non-hydrogen) atoms. The average molecular weight is 1100 g/mol. The zero-order valence-corrected chi connectivity index (χ0v) is 49.6. The van der Waals surface area contributed by atoms with Gasteiger partial charge in [-0.05, 0) is 109 Å². The third-order valence-corrected chi connectivity index (χ3v) is 13.6. The van der Waals surface area contributed by atoms with E-state index in [9.17, 15) is 61.5 Å². The Morgan fingerprint density at radius 2 is 1.08 bits per heavy atom. The Bertz CT molecular complexity index is 3980. The van der Waals surface area contributed by atoms with E-state index in [4.69, 9.17) is 5.73 Å². The molecule has 7 aromatic carbocycles. The van der Waals surface area contributed by atoms with E-state index >= 15 is 0 Å². The molecule has 1 aliphatic rings. The molecule has 0 aliphatic heterocycles. The smallest absolute Gasteiger partial charge is 0.744 e. The molecule has 22 nitrogen and oxygen atoms in total. The van der Waals surface area contributed by atoms with Gasteiger partial charge in [0.05, 0.1) is 48.0 Å². The molecule has 0 radical (unpaired) electrons. The van der Waals surface area contributed by atoms with Crippen LogP contribution >= 0.6 is 0 Å².